The molecule has 1 aliphatic heterocycles. The van der Waals surface area contributed by atoms with Gasteiger partial charge in [-0.05, 0) is 36.8 Å². The van der Waals surface area contributed by atoms with Gasteiger partial charge in [-0.25, -0.2) is 5.01 Å². The van der Waals surface area contributed by atoms with Crippen molar-refractivity contribution in [2.24, 2.45) is 17.8 Å². The number of nitro benzene ring substituents is 2. The molecule has 176 valence electrons. The molecule has 2 aromatic carbocycles. The number of non-ortho nitro benzene ring substituents is 1. The summed E-state index contributed by atoms with van der Waals surface area (Å²) in [4.78, 5) is 61.4. The van der Waals surface area contributed by atoms with E-state index < -0.39 is 45.1 Å². The molecule has 34 heavy (non-hydrogen) atoms. The molecule has 1 aliphatic carbocycles. The number of amides is 3. The monoisotopic (exact) mass is 466 g/mol. The van der Waals surface area contributed by atoms with Gasteiger partial charge in [-0.3, -0.25) is 34.6 Å². The number of carbonyl (C=O) groups is 3. The molecule has 11 nitrogen and oxygen atoms in total. The Kier molecular flexibility index (Phi) is 6.10. The third-order valence-corrected chi connectivity index (χ3v) is 6.45. The zero-order valence-electron chi connectivity index (χ0n) is 18.3. The van der Waals surface area contributed by atoms with Gasteiger partial charge < -0.3 is 0 Å². The third kappa shape index (κ3) is 4.12. The Balaban J connectivity index is 1.75. The molecule has 2 fully saturated rings. The summed E-state index contributed by atoms with van der Waals surface area (Å²) in [5.41, 5.74) is -0.459. The Morgan fingerprint density at radius 3 is 2.26 bits per heavy atom. The van der Waals surface area contributed by atoms with Crippen molar-refractivity contribution in [3.8, 4) is 0 Å². The zero-order valence-corrected chi connectivity index (χ0v) is 18.3. The SMILES string of the molecule is C[C@@H]1CC[C@H]2C(=O)N(N(Cc3ccc([N+](=O)[O-])cc3)C(=O)c3ccccc3[N+](=O)[O-])C(=O)[C@@H]2C1. The van der Waals surface area contributed by atoms with Gasteiger partial charge in [0.2, 0.25) is 0 Å². The van der Waals surface area contributed by atoms with Crippen LogP contribution in [0.15, 0.2) is 48.5 Å². The first-order valence-corrected chi connectivity index (χ1v) is 10.9. The lowest BCUT2D eigenvalue weighted by molar-refractivity contribution is -0.385. The minimum absolute atomic E-state index is 0.159. The lowest BCUT2D eigenvalue weighted by atomic mass is 9.76. The van der Waals surface area contributed by atoms with Crippen LogP contribution in [0.2, 0.25) is 0 Å². The van der Waals surface area contributed by atoms with Crippen molar-refractivity contribution in [3.63, 3.8) is 0 Å². The molecule has 1 heterocycles. The molecule has 0 spiro atoms. The number of hydrogen-bond acceptors (Lipinski definition) is 7. The van der Waals surface area contributed by atoms with Gasteiger partial charge >= 0.3 is 0 Å². The lowest BCUT2D eigenvalue weighted by Gasteiger charge is -2.30. The van der Waals surface area contributed by atoms with E-state index in [4.69, 9.17) is 0 Å². The molecular formula is C23H22N4O7. The van der Waals surface area contributed by atoms with Crippen LogP contribution in [0.1, 0.15) is 42.1 Å². The summed E-state index contributed by atoms with van der Waals surface area (Å²) in [7, 11) is 0. The summed E-state index contributed by atoms with van der Waals surface area (Å²) < 4.78 is 0. The molecule has 0 unspecified atom stereocenters. The fraction of sp³-hybridized carbons (Fsp3) is 0.348. The van der Waals surface area contributed by atoms with Crippen LogP contribution in [0.4, 0.5) is 11.4 Å². The molecule has 1 saturated carbocycles. The number of imide groups is 1. The van der Waals surface area contributed by atoms with Gasteiger partial charge in [0.25, 0.3) is 29.1 Å². The second-order valence-corrected chi connectivity index (χ2v) is 8.68. The van der Waals surface area contributed by atoms with Crippen LogP contribution in [-0.4, -0.2) is 37.6 Å². The van der Waals surface area contributed by atoms with E-state index in [2.05, 4.69) is 0 Å². The minimum Gasteiger partial charge on any atom is -0.272 e. The van der Waals surface area contributed by atoms with Crippen molar-refractivity contribution in [3.05, 3.63) is 79.9 Å². The van der Waals surface area contributed by atoms with Crippen molar-refractivity contribution in [1.29, 1.82) is 0 Å². The maximum absolute atomic E-state index is 13.6. The number of nitro groups is 2. The summed E-state index contributed by atoms with van der Waals surface area (Å²) in [6.45, 7) is 1.74. The minimum atomic E-state index is -0.876. The molecule has 3 amide bonds. The lowest BCUT2D eigenvalue weighted by Crippen LogP contribution is -2.50. The average molecular weight is 466 g/mol. The molecule has 1 saturated heterocycles. The number of carbonyl (C=O) groups excluding carboxylic acids is 3. The topological polar surface area (TPSA) is 144 Å². The van der Waals surface area contributed by atoms with Crippen LogP contribution in [0.25, 0.3) is 0 Å². The highest BCUT2D eigenvalue weighted by Crippen LogP contribution is 2.41. The predicted molar refractivity (Wildman–Crippen MR) is 118 cm³/mol. The first kappa shape index (κ1) is 23.0. The smallest absolute Gasteiger partial charge is 0.272 e. The molecule has 0 bridgehead atoms. The molecule has 3 atom stereocenters. The van der Waals surface area contributed by atoms with E-state index in [1.54, 1.807) is 0 Å². The Hall–Kier alpha value is -4.15. The number of rotatable bonds is 6. The number of nitrogens with zero attached hydrogens (tertiary/aromatic N) is 4. The Morgan fingerprint density at radius 2 is 1.62 bits per heavy atom. The average Bonchev–Trinajstić information content (AvgIpc) is 3.06. The predicted octanol–water partition coefficient (Wildman–Crippen LogP) is 3.48. The molecule has 2 aromatic rings. The van der Waals surface area contributed by atoms with E-state index in [1.807, 2.05) is 6.92 Å². The van der Waals surface area contributed by atoms with Crippen LogP contribution in [-0.2, 0) is 16.1 Å². The largest absolute Gasteiger partial charge is 0.282 e. The van der Waals surface area contributed by atoms with Crippen molar-refractivity contribution in [2.45, 2.75) is 32.7 Å². The van der Waals surface area contributed by atoms with Gasteiger partial charge in [0, 0.05) is 18.2 Å². The van der Waals surface area contributed by atoms with E-state index in [0.717, 1.165) is 16.4 Å². The van der Waals surface area contributed by atoms with Gasteiger partial charge in [0.15, 0.2) is 0 Å². The highest BCUT2D eigenvalue weighted by atomic mass is 16.6. The standard InChI is InChI=1S/C23H22N4O7/c1-14-6-11-17-19(12-14)23(30)25(22(17)29)24(13-15-7-9-16(10-8-15)26(31)32)21(28)18-4-2-3-5-20(18)27(33)34/h2-5,7-10,14,17,19H,6,11-13H2,1H3/t14-,17-,19-/m1/s1. The normalized spacial score (nSPS) is 21.8. The van der Waals surface area contributed by atoms with Crippen LogP contribution in [0.5, 0.6) is 0 Å². The number of hydrazine groups is 1. The first-order valence-electron chi connectivity index (χ1n) is 10.9. The van der Waals surface area contributed by atoms with E-state index in [1.165, 1.54) is 48.5 Å². The summed E-state index contributed by atoms with van der Waals surface area (Å²) in [5.74, 6) is -2.71. The summed E-state index contributed by atoms with van der Waals surface area (Å²) in [6, 6.07) is 10.6. The first-order chi connectivity index (χ1) is 16.2. The molecule has 11 heteroatoms. The van der Waals surface area contributed by atoms with Crippen molar-refractivity contribution in [1.82, 2.24) is 10.0 Å². The van der Waals surface area contributed by atoms with Gasteiger partial charge in [-0.2, -0.15) is 5.01 Å². The highest BCUT2D eigenvalue weighted by Gasteiger charge is 2.52. The van der Waals surface area contributed by atoms with Gasteiger partial charge in [0.1, 0.15) is 5.56 Å². The molecular weight excluding hydrogens is 444 g/mol. The van der Waals surface area contributed by atoms with Gasteiger partial charge in [-0.1, -0.05) is 31.2 Å². The second kappa shape index (κ2) is 9.00. The Morgan fingerprint density at radius 1 is 0.971 bits per heavy atom. The zero-order chi connectivity index (χ0) is 24.6. The summed E-state index contributed by atoms with van der Waals surface area (Å²) in [5, 5.41) is 24.3. The quantitative estimate of drug-likeness (QED) is 0.360. The highest BCUT2D eigenvalue weighted by molar-refractivity contribution is 6.08. The Bertz CT molecular complexity index is 1180. The molecule has 2 aliphatic rings. The number of para-hydroxylation sites is 1. The van der Waals surface area contributed by atoms with Crippen LogP contribution >= 0.6 is 0 Å². The van der Waals surface area contributed by atoms with Gasteiger partial charge in [-0.15, -0.1) is 0 Å². The summed E-state index contributed by atoms with van der Waals surface area (Å²) in [6.07, 6.45) is 1.84. The van der Waals surface area contributed by atoms with Crippen molar-refractivity contribution >= 4 is 29.1 Å². The van der Waals surface area contributed by atoms with Crippen molar-refractivity contribution < 1.29 is 24.2 Å². The van der Waals surface area contributed by atoms with E-state index in [-0.39, 0.29) is 23.7 Å². The third-order valence-electron chi connectivity index (χ3n) is 6.45. The number of hydrogen-bond donors (Lipinski definition) is 0. The van der Waals surface area contributed by atoms with Crippen LogP contribution in [0, 0.1) is 38.0 Å². The maximum atomic E-state index is 13.6. The van der Waals surface area contributed by atoms with Crippen molar-refractivity contribution in [2.75, 3.05) is 0 Å². The maximum Gasteiger partial charge on any atom is 0.282 e. The molecule has 4 rings (SSSR count). The molecule has 0 radical (unpaired) electrons. The Labute approximate surface area is 194 Å². The second-order valence-electron chi connectivity index (χ2n) is 8.68. The molecule has 0 N–H and O–H groups in total. The van der Waals surface area contributed by atoms with E-state index in [0.29, 0.717) is 18.4 Å². The van der Waals surface area contributed by atoms with Gasteiger partial charge in [0.05, 0.1) is 28.2 Å². The fourth-order valence-electron chi connectivity index (χ4n) is 4.69. The fourth-order valence-corrected chi connectivity index (χ4v) is 4.69. The summed E-state index contributed by atoms with van der Waals surface area (Å²) >= 11 is 0. The van der Waals surface area contributed by atoms with Crippen LogP contribution in [0.3, 0.4) is 0 Å². The van der Waals surface area contributed by atoms with E-state index >= 15 is 0 Å². The van der Waals surface area contributed by atoms with Crippen LogP contribution < -0.4 is 0 Å². The number of benzene rings is 2. The van der Waals surface area contributed by atoms with E-state index in [9.17, 15) is 34.6 Å². The number of fused-ring (bicyclic) bond motifs is 1. The molecule has 0 aromatic heterocycles.